The molecule has 0 saturated carbocycles. The fraction of sp³-hybridized carbons (Fsp3) is 0.294. The van der Waals surface area contributed by atoms with Crippen molar-refractivity contribution in [3.63, 3.8) is 0 Å². The van der Waals surface area contributed by atoms with E-state index >= 15 is 0 Å². The van der Waals surface area contributed by atoms with Crippen LogP contribution in [0.1, 0.15) is 13.8 Å². The Bertz CT molecular complexity index is 520. The molecule has 1 aliphatic heterocycles. The van der Waals surface area contributed by atoms with E-state index in [9.17, 15) is 0 Å². The largest absolute Gasteiger partial charge is 0.340 e. The van der Waals surface area contributed by atoms with Crippen LogP contribution >= 0.6 is 17.2 Å². The Labute approximate surface area is 129 Å². The average molecular weight is 318 g/mol. The second-order valence-corrected chi connectivity index (χ2v) is 8.37. The van der Waals surface area contributed by atoms with E-state index < -0.39 is 5.79 Å². The molecule has 1 aliphatic rings. The SMILES string of the molecule is CC1(C)OC(Pc2ccccc2)C(Pc2ccccc2)O1. The Hall–Kier alpha value is -0.780. The zero-order valence-electron chi connectivity index (χ0n) is 12.2. The molecule has 1 heterocycles. The average Bonchev–Trinajstić information content (AvgIpc) is 2.75. The van der Waals surface area contributed by atoms with E-state index in [0.717, 1.165) is 0 Å². The lowest BCUT2D eigenvalue weighted by molar-refractivity contribution is -0.132. The summed E-state index contributed by atoms with van der Waals surface area (Å²) in [5.74, 6) is -0.208. The summed E-state index contributed by atoms with van der Waals surface area (Å²) in [6, 6.07) is 21.1. The van der Waals surface area contributed by atoms with E-state index in [0.29, 0.717) is 17.2 Å². The second kappa shape index (κ2) is 6.55. The predicted octanol–water partition coefficient (Wildman–Crippen LogP) is 3.43. The predicted molar refractivity (Wildman–Crippen MR) is 92.6 cm³/mol. The lowest BCUT2D eigenvalue weighted by atomic mass is 10.4. The van der Waals surface area contributed by atoms with E-state index in [-0.39, 0.29) is 11.7 Å². The molecule has 0 bridgehead atoms. The van der Waals surface area contributed by atoms with Crippen molar-refractivity contribution >= 4 is 27.8 Å². The van der Waals surface area contributed by atoms with Gasteiger partial charge in [-0.2, -0.15) is 0 Å². The van der Waals surface area contributed by atoms with E-state index in [4.69, 9.17) is 9.47 Å². The highest BCUT2D eigenvalue weighted by Gasteiger charge is 2.41. The third kappa shape index (κ3) is 4.11. The van der Waals surface area contributed by atoms with Gasteiger partial charge in [-0.3, -0.25) is 0 Å². The minimum absolute atomic E-state index is 0.140. The maximum Gasteiger partial charge on any atom is 0.164 e. The van der Waals surface area contributed by atoms with Gasteiger partial charge in [0.15, 0.2) is 5.79 Å². The van der Waals surface area contributed by atoms with Crippen LogP contribution in [0, 0.1) is 0 Å². The van der Waals surface area contributed by atoms with Crippen molar-refractivity contribution in [3.05, 3.63) is 60.7 Å². The summed E-state index contributed by atoms with van der Waals surface area (Å²) in [6.07, 6.45) is 0. The Kier molecular flexibility index (Phi) is 4.72. The van der Waals surface area contributed by atoms with Crippen molar-refractivity contribution < 1.29 is 9.47 Å². The van der Waals surface area contributed by atoms with Crippen molar-refractivity contribution in [3.8, 4) is 0 Å². The highest BCUT2D eigenvalue weighted by atomic mass is 31.1. The van der Waals surface area contributed by atoms with Crippen LogP contribution in [0.25, 0.3) is 0 Å². The first-order chi connectivity index (χ1) is 10.1. The highest BCUT2D eigenvalue weighted by molar-refractivity contribution is 7.52. The fourth-order valence-corrected chi connectivity index (χ4v) is 5.42. The number of benzene rings is 2. The zero-order chi connectivity index (χ0) is 14.7. The van der Waals surface area contributed by atoms with Gasteiger partial charge in [-0.25, -0.2) is 0 Å². The molecule has 0 aliphatic carbocycles. The molecule has 0 spiro atoms. The molecule has 1 saturated heterocycles. The zero-order valence-corrected chi connectivity index (χ0v) is 14.2. The van der Waals surface area contributed by atoms with E-state index in [2.05, 4.69) is 48.5 Å². The van der Waals surface area contributed by atoms with Crippen molar-refractivity contribution in [2.24, 2.45) is 0 Å². The summed E-state index contributed by atoms with van der Waals surface area (Å²) in [4.78, 5) is 0. The van der Waals surface area contributed by atoms with Gasteiger partial charge in [0.2, 0.25) is 0 Å². The van der Waals surface area contributed by atoms with Gasteiger partial charge in [-0.05, 0) is 24.5 Å². The van der Waals surface area contributed by atoms with E-state index in [1.165, 1.54) is 10.6 Å². The first-order valence-corrected chi connectivity index (χ1v) is 9.27. The molecule has 1 fully saturated rings. The van der Waals surface area contributed by atoms with Gasteiger partial charge in [0.1, 0.15) is 11.7 Å². The molecule has 4 unspecified atom stereocenters. The van der Waals surface area contributed by atoms with Crippen LogP contribution in [0.5, 0.6) is 0 Å². The molecule has 4 heteroatoms. The smallest absolute Gasteiger partial charge is 0.164 e. The molecule has 2 aromatic carbocycles. The van der Waals surface area contributed by atoms with Gasteiger partial charge < -0.3 is 9.47 Å². The number of rotatable bonds is 4. The lowest BCUT2D eigenvalue weighted by Gasteiger charge is -2.17. The van der Waals surface area contributed by atoms with Crippen LogP contribution in [-0.4, -0.2) is 17.5 Å². The maximum atomic E-state index is 6.13. The molecule has 2 nitrogen and oxygen atoms in total. The number of hydrogen-bond donors (Lipinski definition) is 0. The van der Waals surface area contributed by atoms with Crippen molar-refractivity contribution in [1.82, 2.24) is 0 Å². The van der Waals surface area contributed by atoms with E-state index in [1.54, 1.807) is 0 Å². The number of ether oxygens (including phenoxy) is 2. The molecule has 110 valence electrons. The topological polar surface area (TPSA) is 18.5 Å². The summed E-state index contributed by atoms with van der Waals surface area (Å²) < 4.78 is 12.3. The maximum absolute atomic E-state index is 6.13. The highest BCUT2D eigenvalue weighted by Crippen LogP contribution is 2.43. The summed E-state index contributed by atoms with van der Waals surface area (Å²) >= 11 is 0. The fourth-order valence-electron chi connectivity index (χ4n) is 2.37. The van der Waals surface area contributed by atoms with E-state index in [1.807, 2.05) is 26.0 Å². The monoisotopic (exact) mass is 318 g/mol. The second-order valence-electron chi connectivity index (χ2n) is 5.50. The third-order valence-corrected chi connectivity index (χ3v) is 6.34. The molecule has 3 rings (SSSR count). The molecular formula is C17H20O2P2. The minimum Gasteiger partial charge on any atom is -0.340 e. The first-order valence-electron chi connectivity index (χ1n) is 7.11. The Morgan fingerprint density at radius 2 is 1.10 bits per heavy atom. The van der Waals surface area contributed by atoms with Gasteiger partial charge in [-0.15, -0.1) is 0 Å². The Morgan fingerprint density at radius 1 is 0.714 bits per heavy atom. The van der Waals surface area contributed by atoms with Crippen LogP contribution in [0.2, 0.25) is 0 Å². The third-order valence-electron chi connectivity index (χ3n) is 3.26. The molecular weight excluding hydrogens is 298 g/mol. The summed E-state index contributed by atoms with van der Waals surface area (Å²) in [6.45, 7) is 4.01. The van der Waals surface area contributed by atoms with Crippen LogP contribution in [0.3, 0.4) is 0 Å². The molecule has 2 aromatic rings. The molecule has 0 aromatic heterocycles. The minimum atomic E-state index is -0.487. The molecule has 21 heavy (non-hydrogen) atoms. The van der Waals surface area contributed by atoms with Gasteiger partial charge >= 0.3 is 0 Å². The van der Waals surface area contributed by atoms with Crippen molar-refractivity contribution in [1.29, 1.82) is 0 Å². The quantitative estimate of drug-likeness (QED) is 0.804. The van der Waals surface area contributed by atoms with Gasteiger partial charge in [-0.1, -0.05) is 77.8 Å². The Balaban J connectivity index is 1.73. The summed E-state index contributed by atoms with van der Waals surface area (Å²) in [5.41, 5.74) is 0. The summed E-state index contributed by atoms with van der Waals surface area (Å²) in [7, 11) is 1.23. The van der Waals surface area contributed by atoms with Crippen LogP contribution in [-0.2, 0) is 9.47 Å². The van der Waals surface area contributed by atoms with Crippen LogP contribution < -0.4 is 10.6 Å². The normalized spacial score (nSPS) is 25.2. The standard InChI is InChI=1S/C17H20O2P2/c1-17(2)18-15(20-13-9-5-3-6-10-13)16(19-17)21-14-11-7-4-8-12-14/h3-12,15-16,20-21H,1-2H3. The number of hydrogen-bond acceptors (Lipinski definition) is 2. The lowest BCUT2D eigenvalue weighted by Crippen LogP contribution is -2.20. The molecule has 0 radical (unpaired) electrons. The van der Waals surface area contributed by atoms with Crippen LogP contribution in [0.15, 0.2) is 60.7 Å². The molecule has 0 N–H and O–H groups in total. The van der Waals surface area contributed by atoms with Gasteiger partial charge in [0, 0.05) is 0 Å². The van der Waals surface area contributed by atoms with Crippen molar-refractivity contribution in [2.75, 3.05) is 0 Å². The van der Waals surface area contributed by atoms with Crippen LogP contribution in [0.4, 0.5) is 0 Å². The van der Waals surface area contributed by atoms with Crippen molar-refractivity contribution in [2.45, 2.75) is 31.3 Å². The van der Waals surface area contributed by atoms with Gasteiger partial charge in [0.25, 0.3) is 0 Å². The first kappa shape index (κ1) is 15.1. The Morgan fingerprint density at radius 3 is 1.48 bits per heavy atom. The molecule has 4 atom stereocenters. The summed E-state index contributed by atoms with van der Waals surface area (Å²) in [5, 5.41) is 2.65. The van der Waals surface area contributed by atoms with Gasteiger partial charge in [0.05, 0.1) is 0 Å². The molecule has 0 amide bonds.